The van der Waals surface area contributed by atoms with E-state index in [0.29, 0.717) is 21.6 Å². The zero-order valence-corrected chi connectivity index (χ0v) is 12.7. The van der Waals surface area contributed by atoms with Crippen LogP contribution in [0.1, 0.15) is 5.56 Å². The summed E-state index contributed by atoms with van der Waals surface area (Å²) in [6.07, 6.45) is 0. The zero-order valence-electron chi connectivity index (χ0n) is 10.4. The molecule has 0 bridgehead atoms. The van der Waals surface area contributed by atoms with Crippen LogP contribution in [0.5, 0.6) is 5.75 Å². The standard InChI is InChI=1S/C13H12Cl2N2O2S/c14-10-2-1-3-11(15)12(10)18-5-6-19-17-13(16)9-4-7-20-8-9/h1-4,7-8H,5-6H2,(H2,16,17). The molecule has 1 aromatic heterocycles. The number of nitrogens with two attached hydrogens (primary N) is 1. The Morgan fingerprint density at radius 3 is 2.60 bits per heavy atom. The molecule has 4 nitrogen and oxygen atoms in total. The first-order valence-electron chi connectivity index (χ1n) is 5.73. The molecule has 0 saturated heterocycles. The number of rotatable bonds is 6. The summed E-state index contributed by atoms with van der Waals surface area (Å²) < 4.78 is 5.44. The highest BCUT2D eigenvalue weighted by molar-refractivity contribution is 7.08. The molecule has 1 aromatic carbocycles. The first-order chi connectivity index (χ1) is 9.68. The first-order valence-corrected chi connectivity index (χ1v) is 7.43. The van der Waals surface area contributed by atoms with Crippen molar-refractivity contribution in [1.29, 1.82) is 0 Å². The number of benzene rings is 1. The van der Waals surface area contributed by atoms with Gasteiger partial charge in [0.05, 0.1) is 10.0 Å². The number of ether oxygens (including phenoxy) is 1. The van der Waals surface area contributed by atoms with E-state index in [0.717, 1.165) is 5.56 Å². The lowest BCUT2D eigenvalue weighted by molar-refractivity contribution is 0.107. The number of hydrogen-bond acceptors (Lipinski definition) is 4. The number of hydrogen-bond donors (Lipinski definition) is 1. The Morgan fingerprint density at radius 2 is 1.95 bits per heavy atom. The van der Waals surface area contributed by atoms with Gasteiger partial charge in [0.15, 0.2) is 18.2 Å². The van der Waals surface area contributed by atoms with Crippen molar-refractivity contribution in [2.45, 2.75) is 0 Å². The van der Waals surface area contributed by atoms with Crippen LogP contribution in [0.15, 0.2) is 40.2 Å². The van der Waals surface area contributed by atoms with Crippen LogP contribution in [0.25, 0.3) is 0 Å². The molecule has 2 rings (SSSR count). The molecule has 0 atom stereocenters. The molecule has 0 radical (unpaired) electrons. The molecule has 0 fully saturated rings. The van der Waals surface area contributed by atoms with Crippen LogP contribution in [-0.2, 0) is 4.84 Å². The molecule has 1 heterocycles. The van der Waals surface area contributed by atoms with Gasteiger partial charge in [-0.05, 0) is 23.6 Å². The zero-order chi connectivity index (χ0) is 14.4. The van der Waals surface area contributed by atoms with Gasteiger partial charge in [0, 0.05) is 10.9 Å². The summed E-state index contributed by atoms with van der Waals surface area (Å²) in [6, 6.07) is 7.03. The second-order valence-electron chi connectivity index (χ2n) is 3.72. The van der Waals surface area contributed by atoms with Gasteiger partial charge in [0.25, 0.3) is 0 Å². The third-order valence-electron chi connectivity index (χ3n) is 2.32. The van der Waals surface area contributed by atoms with Crippen LogP contribution in [0, 0.1) is 0 Å². The molecule has 20 heavy (non-hydrogen) atoms. The van der Waals surface area contributed by atoms with Gasteiger partial charge in [-0.2, -0.15) is 11.3 Å². The SMILES string of the molecule is N/C(=N\OCCOc1c(Cl)cccc1Cl)c1ccsc1. The van der Waals surface area contributed by atoms with E-state index >= 15 is 0 Å². The van der Waals surface area contributed by atoms with Crippen LogP contribution in [0.2, 0.25) is 10.0 Å². The maximum absolute atomic E-state index is 5.96. The van der Waals surface area contributed by atoms with Crippen LogP contribution in [0.4, 0.5) is 0 Å². The highest BCUT2D eigenvalue weighted by Crippen LogP contribution is 2.32. The Morgan fingerprint density at radius 1 is 1.20 bits per heavy atom. The van der Waals surface area contributed by atoms with Crippen molar-refractivity contribution in [1.82, 2.24) is 0 Å². The third-order valence-corrected chi connectivity index (χ3v) is 3.60. The second kappa shape index (κ2) is 7.38. The summed E-state index contributed by atoms with van der Waals surface area (Å²) in [6.45, 7) is 0.510. The van der Waals surface area contributed by atoms with Gasteiger partial charge in [-0.25, -0.2) is 0 Å². The van der Waals surface area contributed by atoms with Gasteiger partial charge in [0.2, 0.25) is 0 Å². The molecule has 0 amide bonds. The molecule has 0 aliphatic rings. The van der Waals surface area contributed by atoms with Crippen molar-refractivity contribution in [2.24, 2.45) is 10.9 Å². The Labute approximate surface area is 130 Å². The summed E-state index contributed by atoms with van der Waals surface area (Å²) in [4.78, 5) is 5.08. The van der Waals surface area contributed by atoms with Crippen molar-refractivity contribution in [2.75, 3.05) is 13.2 Å². The largest absolute Gasteiger partial charge is 0.487 e. The Kier molecular flexibility index (Phi) is 5.52. The molecule has 2 aromatic rings. The normalized spacial score (nSPS) is 11.4. The number of nitrogens with zero attached hydrogens (tertiary/aromatic N) is 1. The molecule has 0 aliphatic heterocycles. The van der Waals surface area contributed by atoms with Gasteiger partial charge >= 0.3 is 0 Å². The summed E-state index contributed by atoms with van der Waals surface area (Å²) >= 11 is 13.5. The van der Waals surface area contributed by atoms with Gasteiger partial charge in [-0.1, -0.05) is 34.4 Å². The fourth-order valence-corrected chi connectivity index (χ4v) is 2.54. The highest BCUT2D eigenvalue weighted by Gasteiger charge is 2.06. The maximum atomic E-state index is 5.96. The Hall–Kier alpha value is -1.43. The van der Waals surface area contributed by atoms with E-state index in [1.165, 1.54) is 0 Å². The van der Waals surface area contributed by atoms with Gasteiger partial charge in [0.1, 0.15) is 6.61 Å². The van der Waals surface area contributed by atoms with E-state index in [1.807, 2.05) is 16.8 Å². The number of para-hydroxylation sites is 1. The number of amidine groups is 1. The molecule has 7 heteroatoms. The monoisotopic (exact) mass is 330 g/mol. The van der Waals surface area contributed by atoms with Crippen LogP contribution < -0.4 is 10.5 Å². The molecule has 0 unspecified atom stereocenters. The van der Waals surface area contributed by atoms with E-state index in [2.05, 4.69) is 5.16 Å². The van der Waals surface area contributed by atoms with Crippen molar-refractivity contribution >= 4 is 40.4 Å². The van der Waals surface area contributed by atoms with Crippen molar-refractivity contribution < 1.29 is 9.57 Å². The molecule has 0 saturated carbocycles. The molecular formula is C13H12Cl2N2O2S. The van der Waals surface area contributed by atoms with Gasteiger partial charge in [-0.3, -0.25) is 0 Å². The second-order valence-corrected chi connectivity index (χ2v) is 5.32. The summed E-state index contributed by atoms with van der Waals surface area (Å²) in [5.74, 6) is 0.774. The summed E-state index contributed by atoms with van der Waals surface area (Å²) in [7, 11) is 0. The van der Waals surface area contributed by atoms with E-state index in [-0.39, 0.29) is 13.2 Å². The summed E-state index contributed by atoms with van der Waals surface area (Å²) in [5, 5.41) is 8.52. The van der Waals surface area contributed by atoms with Crippen LogP contribution >= 0.6 is 34.5 Å². The average Bonchev–Trinajstić information content (AvgIpc) is 2.95. The number of halogens is 2. The first kappa shape index (κ1) is 15.0. The van der Waals surface area contributed by atoms with E-state index < -0.39 is 0 Å². The van der Waals surface area contributed by atoms with Crippen molar-refractivity contribution in [3.05, 3.63) is 50.6 Å². The molecule has 0 aliphatic carbocycles. The quantitative estimate of drug-likeness (QED) is 0.379. The van der Waals surface area contributed by atoms with Crippen LogP contribution in [-0.4, -0.2) is 19.0 Å². The minimum atomic E-state index is 0.242. The lowest BCUT2D eigenvalue weighted by Crippen LogP contribution is -2.14. The van der Waals surface area contributed by atoms with Crippen molar-refractivity contribution in [3.8, 4) is 5.75 Å². The fraction of sp³-hybridized carbons (Fsp3) is 0.154. The lowest BCUT2D eigenvalue weighted by Gasteiger charge is -2.08. The minimum absolute atomic E-state index is 0.242. The van der Waals surface area contributed by atoms with Crippen LogP contribution in [0.3, 0.4) is 0 Å². The van der Waals surface area contributed by atoms with Crippen molar-refractivity contribution in [3.63, 3.8) is 0 Å². The van der Waals surface area contributed by atoms with Gasteiger partial charge in [-0.15, -0.1) is 0 Å². The smallest absolute Gasteiger partial charge is 0.171 e. The fourth-order valence-electron chi connectivity index (χ4n) is 1.38. The Bertz CT molecular complexity index is 568. The third kappa shape index (κ3) is 4.03. The van der Waals surface area contributed by atoms with Gasteiger partial charge < -0.3 is 15.3 Å². The highest BCUT2D eigenvalue weighted by atomic mass is 35.5. The number of thiophene rings is 1. The molecule has 0 spiro atoms. The minimum Gasteiger partial charge on any atom is -0.487 e. The molecule has 106 valence electrons. The van der Waals surface area contributed by atoms with E-state index in [1.54, 1.807) is 29.5 Å². The van der Waals surface area contributed by atoms with E-state index in [9.17, 15) is 0 Å². The lowest BCUT2D eigenvalue weighted by atomic mass is 10.3. The number of oxime groups is 1. The average molecular weight is 331 g/mol. The van der Waals surface area contributed by atoms with E-state index in [4.69, 9.17) is 38.5 Å². The predicted octanol–water partition coefficient (Wildman–Crippen LogP) is 3.77. The maximum Gasteiger partial charge on any atom is 0.171 e. The Balaban J connectivity index is 1.78. The topological polar surface area (TPSA) is 56.8 Å². The molecular weight excluding hydrogens is 319 g/mol. The predicted molar refractivity (Wildman–Crippen MR) is 83.0 cm³/mol. The molecule has 2 N–H and O–H groups in total. The summed E-state index contributed by atoms with van der Waals surface area (Å²) in [5.41, 5.74) is 6.57.